The maximum absolute atomic E-state index is 0. The summed E-state index contributed by atoms with van der Waals surface area (Å²) in [6.07, 6.45) is 0. The molecule has 5 heteroatoms. The topological polar surface area (TPSA) is 124 Å². The van der Waals surface area contributed by atoms with Gasteiger partial charge in [-0.15, -0.1) is 0 Å². The van der Waals surface area contributed by atoms with Crippen molar-refractivity contribution < 1.29 is 51.1 Å². The third kappa shape index (κ3) is 56.4. The summed E-state index contributed by atoms with van der Waals surface area (Å²) in [6, 6.07) is 0. The van der Waals surface area contributed by atoms with E-state index < -0.39 is 0 Å². The minimum atomic E-state index is 0. The summed E-state index contributed by atoms with van der Waals surface area (Å²) in [5.41, 5.74) is 0. The molecule has 38 valence electrons. The Morgan fingerprint density at radius 1 is 0.600 bits per heavy atom. The summed E-state index contributed by atoms with van der Waals surface area (Å²) in [5, 5.41) is 0. The van der Waals surface area contributed by atoms with Gasteiger partial charge in [0.15, 0.2) is 0 Å². The first kappa shape index (κ1) is 199. The van der Waals surface area contributed by atoms with Gasteiger partial charge in [0.05, 0.1) is 0 Å². The van der Waals surface area contributed by atoms with Crippen molar-refractivity contribution >= 4 is 0 Å². The van der Waals surface area contributed by atoms with Crippen molar-refractivity contribution in [1.82, 2.24) is 0 Å². The second-order valence-corrected chi connectivity index (χ2v) is 0. The molecule has 0 amide bonds. The van der Waals surface area contributed by atoms with Crippen LogP contribution in [0.25, 0.3) is 0 Å². The molecule has 0 aromatic rings. The molecule has 0 heterocycles. The fraction of sp³-hybridized carbons (Fsp3) is 0. The van der Waals surface area contributed by atoms with Crippen molar-refractivity contribution in [2.45, 2.75) is 0 Å². The Bertz CT molecular complexity index is 3.61. The van der Waals surface area contributed by atoms with Gasteiger partial charge in [-0.2, -0.15) is 0 Å². The Morgan fingerprint density at radius 2 is 0.600 bits per heavy atom. The fourth-order valence-corrected chi connectivity index (χ4v) is 0. The minimum absolute atomic E-state index is 0. The van der Waals surface area contributed by atoms with Gasteiger partial charge in [0, 0.05) is 29.2 Å². The monoisotopic (exact) mass is 309 g/mol. The maximum Gasteiger partial charge on any atom is 0 e. The predicted octanol–water partition coefficient (Wildman–Crippen LogP) is -2.65. The molecular formula is H7O4Pu-. The Labute approximate surface area is 51.3 Å². The van der Waals surface area contributed by atoms with Gasteiger partial charge in [0.25, 0.3) is 0 Å². The Hall–Kier alpha value is 0.827. The van der Waals surface area contributed by atoms with Crippen LogP contribution in [0.2, 0.25) is 0 Å². The molecule has 0 radical (unpaired) electrons. The molecule has 0 aromatic carbocycles. The minimum Gasteiger partial charge on any atom is -0.870 e. The van der Waals surface area contributed by atoms with Crippen molar-refractivity contribution in [2.75, 3.05) is 0 Å². The van der Waals surface area contributed by atoms with Crippen molar-refractivity contribution in [2.24, 2.45) is 0 Å². The molecule has 0 bridgehead atoms. The van der Waals surface area contributed by atoms with E-state index in [2.05, 4.69) is 0 Å². The smallest absolute Gasteiger partial charge is 0 e. The van der Waals surface area contributed by atoms with Crippen molar-refractivity contribution in [3.8, 4) is 0 Å². The molecule has 0 fully saturated rings. The van der Waals surface area contributed by atoms with E-state index in [4.69, 9.17) is 0 Å². The van der Waals surface area contributed by atoms with E-state index in [1.54, 1.807) is 0 Å². The molecule has 0 atom stereocenters. The molecule has 0 aliphatic carbocycles. The molecule has 0 unspecified atom stereocenters. The van der Waals surface area contributed by atoms with Crippen LogP contribution in [0.4, 0.5) is 0 Å². The predicted molar refractivity (Wildman–Crippen MR) is 12.8 cm³/mol. The third-order valence-electron chi connectivity index (χ3n) is 0. The summed E-state index contributed by atoms with van der Waals surface area (Å²) < 4.78 is 0. The van der Waals surface area contributed by atoms with Crippen molar-refractivity contribution in [1.29, 1.82) is 0 Å². The van der Waals surface area contributed by atoms with Gasteiger partial charge in [-0.25, -0.2) is 0 Å². The van der Waals surface area contributed by atoms with E-state index in [1.807, 2.05) is 0 Å². The third-order valence-corrected chi connectivity index (χ3v) is 0. The van der Waals surface area contributed by atoms with Gasteiger partial charge in [-0.3, -0.25) is 0 Å². The van der Waals surface area contributed by atoms with Crippen LogP contribution in [0.3, 0.4) is 0 Å². The van der Waals surface area contributed by atoms with Crippen molar-refractivity contribution in [3.63, 3.8) is 0 Å². The van der Waals surface area contributed by atoms with Crippen LogP contribution in [-0.4, -0.2) is 21.9 Å². The van der Waals surface area contributed by atoms with E-state index >= 15 is 0 Å². The quantitative estimate of drug-likeness (QED) is 0.476. The number of rotatable bonds is 0. The Kier molecular flexibility index (Phi) is 4100. The zero-order valence-electron chi connectivity index (χ0n) is 2.36. The Balaban J connectivity index is 0. The molecule has 0 saturated carbocycles. The number of hydrogen-bond acceptors (Lipinski definition) is 1. The van der Waals surface area contributed by atoms with E-state index in [0.717, 1.165) is 0 Å². The van der Waals surface area contributed by atoms with Crippen LogP contribution >= 0.6 is 0 Å². The summed E-state index contributed by atoms with van der Waals surface area (Å²) in [6.45, 7) is 0. The molecule has 0 spiro atoms. The molecule has 0 aliphatic rings. The zero-order valence-corrected chi connectivity index (χ0v) is 5.76. The van der Waals surface area contributed by atoms with Gasteiger partial charge in [0.1, 0.15) is 0 Å². The summed E-state index contributed by atoms with van der Waals surface area (Å²) in [4.78, 5) is 0. The largest absolute Gasteiger partial charge is 0.870 e. The van der Waals surface area contributed by atoms with Crippen LogP contribution in [-0.2, 0) is 0 Å². The van der Waals surface area contributed by atoms with Gasteiger partial charge in [-0.1, -0.05) is 0 Å². The van der Waals surface area contributed by atoms with Crippen LogP contribution in [0.1, 0.15) is 0 Å². The second-order valence-electron chi connectivity index (χ2n) is 0. The van der Waals surface area contributed by atoms with E-state index in [1.165, 1.54) is 0 Å². The van der Waals surface area contributed by atoms with Gasteiger partial charge in [0.2, 0.25) is 0 Å². The second kappa shape index (κ2) is 103. The SMILES string of the molecule is O.O.O.[OH-].[Pu]. The van der Waals surface area contributed by atoms with Crippen LogP contribution in [0.15, 0.2) is 0 Å². The van der Waals surface area contributed by atoms with Gasteiger partial charge < -0.3 is 21.9 Å². The normalized spacial score (nSPS) is 0. The molecule has 4 nitrogen and oxygen atoms in total. The summed E-state index contributed by atoms with van der Waals surface area (Å²) in [7, 11) is 0. The average molecular weight is 315 g/mol. The van der Waals surface area contributed by atoms with E-state index in [0.29, 0.717) is 0 Å². The molecule has 7 N–H and O–H groups in total. The fourth-order valence-electron chi connectivity index (χ4n) is 0. The van der Waals surface area contributed by atoms with E-state index in [-0.39, 0.29) is 51.1 Å². The maximum atomic E-state index is 0. The first-order chi connectivity index (χ1) is 0. The van der Waals surface area contributed by atoms with Gasteiger partial charge >= 0.3 is 0 Å². The first-order valence-electron chi connectivity index (χ1n) is 0. The van der Waals surface area contributed by atoms with Crippen LogP contribution < -0.4 is 0 Å². The zero-order chi connectivity index (χ0) is 0. The molecule has 0 saturated heterocycles. The molecular weight excluding hydrogens is 308 g/mol. The first-order valence-corrected chi connectivity index (χ1v) is 0. The summed E-state index contributed by atoms with van der Waals surface area (Å²) in [5.74, 6) is 0. The molecule has 5 heavy (non-hydrogen) atoms. The van der Waals surface area contributed by atoms with E-state index in [9.17, 15) is 0 Å². The number of hydrogen-bond donors (Lipinski definition) is 0. The van der Waals surface area contributed by atoms with Crippen LogP contribution in [0, 0.1) is 29.2 Å². The summed E-state index contributed by atoms with van der Waals surface area (Å²) >= 11 is 0. The molecule has 0 aromatic heterocycles. The van der Waals surface area contributed by atoms with Gasteiger partial charge in [-0.05, 0) is 0 Å². The van der Waals surface area contributed by atoms with Crippen LogP contribution in [0.5, 0.6) is 0 Å². The molecule has 0 aliphatic heterocycles. The van der Waals surface area contributed by atoms with Crippen molar-refractivity contribution in [3.05, 3.63) is 0 Å². The average Bonchev–Trinajstić information content (AvgIpc) is 0. The standard InChI is InChI=1S/4H2O.Pu/h4*1H2;/p-1. The molecule has 0 rings (SSSR count). The Morgan fingerprint density at radius 3 is 0.600 bits per heavy atom.